The van der Waals surface area contributed by atoms with Gasteiger partial charge in [0.2, 0.25) is 0 Å². The largest absolute Gasteiger partial charge is 0.351 e. The molecule has 16 heavy (non-hydrogen) atoms. The summed E-state index contributed by atoms with van der Waals surface area (Å²) in [6, 6.07) is 7.15. The molecule has 0 spiro atoms. The summed E-state index contributed by atoms with van der Waals surface area (Å²) >= 11 is 0. The lowest BCUT2D eigenvalue weighted by molar-refractivity contribution is 0.0956. The van der Waals surface area contributed by atoms with Crippen molar-refractivity contribution in [2.75, 3.05) is 18.6 Å². The Kier molecular flexibility index (Phi) is 4.06. The third kappa shape index (κ3) is 4.44. The van der Waals surface area contributed by atoms with Crippen molar-refractivity contribution in [3.63, 3.8) is 0 Å². The number of benzene rings is 1. The zero-order chi connectivity index (χ0) is 12.2. The van der Waals surface area contributed by atoms with Crippen LogP contribution in [0.25, 0.3) is 0 Å². The molecule has 0 aliphatic carbocycles. The summed E-state index contributed by atoms with van der Waals surface area (Å²) in [5, 5.41) is 2.56. The molecule has 1 N–H and O–H groups in total. The number of nitrogens with one attached hydrogen (secondary N) is 1. The van der Waals surface area contributed by atoms with E-state index in [9.17, 15) is 13.2 Å². The van der Waals surface area contributed by atoms with Crippen molar-refractivity contribution in [3.8, 4) is 0 Å². The standard InChI is InChI=1S/C11H15NO3S/c1-9-4-3-5-10(8-9)11(13)12-6-7-16(2,14)15/h3-5,8H,6-7H2,1-2H3,(H,12,13). The lowest BCUT2D eigenvalue weighted by Gasteiger charge is -2.04. The second kappa shape index (κ2) is 5.12. The number of hydrogen-bond donors (Lipinski definition) is 1. The summed E-state index contributed by atoms with van der Waals surface area (Å²) in [5.74, 6) is -0.280. The van der Waals surface area contributed by atoms with Gasteiger partial charge in [-0.3, -0.25) is 4.79 Å². The first-order chi connectivity index (χ1) is 7.38. The molecule has 1 amide bonds. The van der Waals surface area contributed by atoms with Gasteiger partial charge in [0.1, 0.15) is 9.84 Å². The Balaban J connectivity index is 2.54. The molecule has 1 aromatic carbocycles. The number of carbonyl (C=O) groups excluding carboxylic acids is 1. The quantitative estimate of drug-likeness (QED) is 0.847. The van der Waals surface area contributed by atoms with Crippen molar-refractivity contribution < 1.29 is 13.2 Å². The number of amides is 1. The van der Waals surface area contributed by atoms with Gasteiger partial charge in [0.15, 0.2) is 0 Å². The average Bonchev–Trinajstić information content (AvgIpc) is 2.15. The molecule has 0 aliphatic heterocycles. The molecule has 0 radical (unpaired) electrons. The number of hydrogen-bond acceptors (Lipinski definition) is 3. The number of aryl methyl sites for hydroxylation is 1. The number of carbonyl (C=O) groups is 1. The molecule has 5 heteroatoms. The van der Waals surface area contributed by atoms with Crippen molar-refractivity contribution in [1.29, 1.82) is 0 Å². The Morgan fingerprint density at radius 3 is 2.62 bits per heavy atom. The van der Waals surface area contributed by atoms with Crippen LogP contribution in [0.3, 0.4) is 0 Å². The van der Waals surface area contributed by atoms with E-state index in [1.807, 2.05) is 13.0 Å². The van der Waals surface area contributed by atoms with Crippen LogP contribution >= 0.6 is 0 Å². The summed E-state index contributed by atoms with van der Waals surface area (Å²) < 4.78 is 21.7. The molecule has 4 nitrogen and oxygen atoms in total. The van der Waals surface area contributed by atoms with E-state index in [0.717, 1.165) is 11.8 Å². The van der Waals surface area contributed by atoms with E-state index in [-0.39, 0.29) is 18.2 Å². The molecule has 0 unspecified atom stereocenters. The maximum atomic E-state index is 11.6. The Morgan fingerprint density at radius 2 is 2.06 bits per heavy atom. The molecule has 1 rings (SSSR count). The van der Waals surface area contributed by atoms with E-state index in [4.69, 9.17) is 0 Å². The van der Waals surface area contributed by atoms with Gasteiger partial charge in [-0.05, 0) is 19.1 Å². The zero-order valence-electron chi connectivity index (χ0n) is 9.36. The fourth-order valence-corrected chi connectivity index (χ4v) is 1.71. The lowest BCUT2D eigenvalue weighted by atomic mass is 10.1. The van der Waals surface area contributed by atoms with Crippen LogP contribution in [0, 0.1) is 6.92 Å². The topological polar surface area (TPSA) is 63.2 Å². The van der Waals surface area contributed by atoms with Crippen LogP contribution in [0.2, 0.25) is 0 Å². The normalized spacial score (nSPS) is 11.1. The van der Waals surface area contributed by atoms with Gasteiger partial charge < -0.3 is 5.32 Å². The van der Waals surface area contributed by atoms with E-state index in [1.165, 1.54) is 0 Å². The highest BCUT2D eigenvalue weighted by molar-refractivity contribution is 7.90. The smallest absolute Gasteiger partial charge is 0.251 e. The highest BCUT2D eigenvalue weighted by atomic mass is 32.2. The van der Waals surface area contributed by atoms with Gasteiger partial charge in [0.05, 0.1) is 5.75 Å². The summed E-state index contributed by atoms with van der Waals surface area (Å²) in [6.45, 7) is 2.04. The second-order valence-electron chi connectivity index (χ2n) is 3.76. The zero-order valence-corrected chi connectivity index (χ0v) is 10.2. The van der Waals surface area contributed by atoms with Gasteiger partial charge in [-0.1, -0.05) is 17.7 Å². The first-order valence-corrected chi connectivity index (χ1v) is 6.97. The van der Waals surface area contributed by atoms with Crippen molar-refractivity contribution in [2.45, 2.75) is 6.92 Å². The second-order valence-corrected chi connectivity index (χ2v) is 6.02. The van der Waals surface area contributed by atoms with Crippen LogP contribution in [0.15, 0.2) is 24.3 Å². The lowest BCUT2D eigenvalue weighted by Crippen LogP contribution is -2.28. The number of sulfone groups is 1. The van der Waals surface area contributed by atoms with E-state index in [1.54, 1.807) is 18.2 Å². The molecule has 0 heterocycles. The van der Waals surface area contributed by atoms with Gasteiger partial charge in [0.25, 0.3) is 5.91 Å². The van der Waals surface area contributed by atoms with Gasteiger partial charge >= 0.3 is 0 Å². The van der Waals surface area contributed by atoms with Crippen molar-refractivity contribution in [3.05, 3.63) is 35.4 Å². The third-order valence-electron chi connectivity index (χ3n) is 2.04. The van der Waals surface area contributed by atoms with E-state index < -0.39 is 9.84 Å². The maximum Gasteiger partial charge on any atom is 0.251 e. The summed E-state index contributed by atoms with van der Waals surface area (Å²) in [4.78, 5) is 11.6. The van der Waals surface area contributed by atoms with Crippen LogP contribution in [0.1, 0.15) is 15.9 Å². The predicted molar refractivity (Wildman–Crippen MR) is 63.2 cm³/mol. The van der Waals surface area contributed by atoms with Gasteiger partial charge in [-0.25, -0.2) is 8.42 Å². The monoisotopic (exact) mass is 241 g/mol. The maximum absolute atomic E-state index is 11.6. The Hall–Kier alpha value is -1.36. The van der Waals surface area contributed by atoms with Crippen LogP contribution in [0.5, 0.6) is 0 Å². The molecule has 0 atom stereocenters. The molecule has 0 bridgehead atoms. The van der Waals surface area contributed by atoms with Gasteiger partial charge in [-0.2, -0.15) is 0 Å². The van der Waals surface area contributed by atoms with Gasteiger partial charge in [-0.15, -0.1) is 0 Å². The minimum Gasteiger partial charge on any atom is -0.351 e. The molecular formula is C11H15NO3S. The first-order valence-electron chi connectivity index (χ1n) is 4.91. The molecule has 0 fully saturated rings. The van der Waals surface area contributed by atoms with Crippen LogP contribution < -0.4 is 5.32 Å². The summed E-state index contributed by atoms with van der Waals surface area (Å²) in [6.07, 6.45) is 1.14. The predicted octanol–water partition coefficient (Wildman–Crippen LogP) is 0.769. The average molecular weight is 241 g/mol. The number of rotatable bonds is 4. The van der Waals surface area contributed by atoms with Crippen LogP contribution in [-0.4, -0.2) is 32.9 Å². The molecule has 0 aliphatic rings. The van der Waals surface area contributed by atoms with E-state index in [0.29, 0.717) is 5.56 Å². The minimum absolute atomic E-state index is 0.0371. The first kappa shape index (κ1) is 12.7. The Bertz CT molecular complexity index is 480. The molecule has 0 saturated heterocycles. The third-order valence-corrected chi connectivity index (χ3v) is 2.98. The molecule has 0 saturated carbocycles. The van der Waals surface area contributed by atoms with Crippen molar-refractivity contribution in [2.24, 2.45) is 0 Å². The van der Waals surface area contributed by atoms with Crippen molar-refractivity contribution >= 4 is 15.7 Å². The Labute approximate surface area is 95.6 Å². The van der Waals surface area contributed by atoms with Crippen molar-refractivity contribution in [1.82, 2.24) is 5.32 Å². The molecule has 0 aromatic heterocycles. The highest BCUT2D eigenvalue weighted by Crippen LogP contribution is 2.03. The van der Waals surface area contributed by atoms with E-state index in [2.05, 4.69) is 5.32 Å². The SMILES string of the molecule is Cc1cccc(C(=O)NCCS(C)(=O)=O)c1. The highest BCUT2D eigenvalue weighted by Gasteiger charge is 2.06. The molecule has 1 aromatic rings. The van der Waals surface area contributed by atoms with Gasteiger partial charge in [0, 0.05) is 18.4 Å². The van der Waals surface area contributed by atoms with E-state index >= 15 is 0 Å². The summed E-state index contributed by atoms with van der Waals surface area (Å²) in [7, 11) is -3.02. The van der Waals surface area contributed by atoms with Crippen LogP contribution in [0.4, 0.5) is 0 Å². The summed E-state index contributed by atoms with van der Waals surface area (Å²) in [5.41, 5.74) is 1.55. The van der Waals surface area contributed by atoms with Crippen LogP contribution in [-0.2, 0) is 9.84 Å². The molecule has 88 valence electrons. The Morgan fingerprint density at radius 1 is 1.38 bits per heavy atom. The fourth-order valence-electron chi connectivity index (χ4n) is 1.24. The fraction of sp³-hybridized carbons (Fsp3) is 0.364. The minimum atomic E-state index is -3.02. The molecular weight excluding hydrogens is 226 g/mol.